The average molecular weight is 209 g/mol. The van der Waals surface area contributed by atoms with Gasteiger partial charge in [0.05, 0.1) is 5.92 Å². The van der Waals surface area contributed by atoms with E-state index in [4.69, 9.17) is 9.26 Å². The molecule has 3 heterocycles. The number of rotatable bonds is 2. The summed E-state index contributed by atoms with van der Waals surface area (Å²) in [6, 6.07) is 0. The lowest BCUT2D eigenvalue weighted by Gasteiger charge is -2.23. The first-order valence-electron chi connectivity index (χ1n) is 5.47. The summed E-state index contributed by atoms with van der Waals surface area (Å²) in [5.41, 5.74) is -0.321. The van der Waals surface area contributed by atoms with Crippen LogP contribution in [-0.2, 0) is 10.3 Å². The molecule has 0 radical (unpaired) electrons. The van der Waals surface area contributed by atoms with Crippen LogP contribution in [0.3, 0.4) is 0 Å². The fraction of sp³-hybridized carbons (Fsp3) is 0.800. The van der Waals surface area contributed by atoms with E-state index < -0.39 is 0 Å². The Hall–Kier alpha value is -0.940. The minimum atomic E-state index is -0.321. The van der Waals surface area contributed by atoms with Gasteiger partial charge < -0.3 is 14.6 Å². The normalized spacial score (nSPS) is 31.8. The van der Waals surface area contributed by atoms with E-state index in [0.29, 0.717) is 11.7 Å². The van der Waals surface area contributed by atoms with Gasteiger partial charge in [0.25, 0.3) is 0 Å². The molecule has 0 spiro atoms. The molecular weight excluding hydrogens is 194 g/mol. The number of nitrogens with zero attached hydrogens (tertiary/aromatic N) is 2. The van der Waals surface area contributed by atoms with Crippen LogP contribution in [0.15, 0.2) is 4.52 Å². The average Bonchev–Trinajstić information content (AvgIpc) is 2.71. The molecule has 2 aliphatic rings. The van der Waals surface area contributed by atoms with Crippen LogP contribution in [0.5, 0.6) is 0 Å². The number of aromatic nitrogens is 2. The molecule has 15 heavy (non-hydrogen) atoms. The van der Waals surface area contributed by atoms with E-state index in [9.17, 15) is 0 Å². The highest BCUT2D eigenvalue weighted by atomic mass is 16.5. The number of nitrogens with one attached hydrogen (secondary N) is 1. The van der Waals surface area contributed by atoms with Crippen molar-refractivity contribution < 1.29 is 9.26 Å². The second-order valence-electron chi connectivity index (χ2n) is 4.49. The van der Waals surface area contributed by atoms with Crippen LogP contribution in [0.1, 0.15) is 37.4 Å². The topological polar surface area (TPSA) is 60.2 Å². The molecular formula is C10H15N3O2. The maximum atomic E-state index is 5.67. The van der Waals surface area contributed by atoms with Gasteiger partial charge in [-0.1, -0.05) is 5.16 Å². The minimum absolute atomic E-state index is 0.321. The van der Waals surface area contributed by atoms with Crippen molar-refractivity contribution >= 4 is 0 Å². The Kier molecular flexibility index (Phi) is 2.03. The van der Waals surface area contributed by atoms with E-state index in [0.717, 1.165) is 38.4 Å². The molecule has 1 N–H and O–H groups in total. The molecule has 82 valence electrons. The standard InChI is InChI=1S/C10H15N3O2/c1-10(3-2-4-14-10)9-12-8(15-13-9)7-5-11-6-7/h7,11H,2-6H2,1H3. The molecule has 5 nitrogen and oxygen atoms in total. The molecule has 2 aliphatic heterocycles. The second-order valence-corrected chi connectivity index (χ2v) is 4.49. The molecule has 0 saturated carbocycles. The van der Waals surface area contributed by atoms with Crippen molar-refractivity contribution in [2.75, 3.05) is 19.7 Å². The van der Waals surface area contributed by atoms with E-state index >= 15 is 0 Å². The Bertz CT molecular complexity index is 353. The van der Waals surface area contributed by atoms with Gasteiger partial charge in [-0.15, -0.1) is 0 Å². The molecule has 2 fully saturated rings. The third-order valence-electron chi connectivity index (χ3n) is 3.26. The molecule has 0 bridgehead atoms. The summed E-state index contributed by atoms with van der Waals surface area (Å²) in [4.78, 5) is 4.44. The lowest BCUT2D eigenvalue weighted by molar-refractivity contribution is 0.00768. The minimum Gasteiger partial charge on any atom is -0.367 e. The van der Waals surface area contributed by atoms with Crippen LogP contribution < -0.4 is 5.32 Å². The van der Waals surface area contributed by atoms with Crippen LogP contribution >= 0.6 is 0 Å². The highest BCUT2D eigenvalue weighted by Crippen LogP contribution is 2.34. The van der Waals surface area contributed by atoms with Crippen molar-refractivity contribution in [3.8, 4) is 0 Å². The predicted octanol–water partition coefficient (Wildman–Crippen LogP) is 0.782. The van der Waals surface area contributed by atoms with Crippen LogP contribution in [0.4, 0.5) is 0 Å². The van der Waals surface area contributed by atoms with Gasteiger partial charge in [-0.25, -0.2) is 0 Å². The molecule has 1 aromatic heterocycles. The summed E-state index contributed by atoms with van der Waals surface area (Å²) in [6.45, 7) is 4.72. The van der Waals surface area contributed by atoms with E-state index in [1.807, 2.05) is 6.92 Å². The van der Waals surface area contributed by atoms with Crippen molar-refractivity contribution in [1.82, 2.24) is 15.5 Å². The molecule has 1 atom stereocenters. The summed E-state index contributed by atoms with van der Waals surface area (Å²) < 4.78 is 10.9. The smallest absolute Gasteiger partial charge is 0.232 e. The number of hydrogen-bond donors (Lipinski definition) is 1. The van der Waals surface area contributed by atoms with E-state index in [1.165, 1.54) is 0 Å². The first-order valence-corrected chi connectivity index (χ1v) is 5.47. The summed E-state index contributed by atoms with van der Waals surface area (Å²) in [6.07, 6.45) is 2.06. The van der Waals surface area contributed by atoms with E-state index in [-0.39, 0.29) is 5.60 Å². The van der Waals surface area contributed by atoms with E-state index in [2.05, 4.69) is 15.5 Å². The Morgan fingerprint density at radius 3 is 2.93 bits per heavy atom. The SMILES string of the molecule is CC1(c2noc(C3CNC3)n2)CCCO1. The second kappa shape index (κ2) is 3.28. The molecule has 2 saturated heterocycles. The van der Waals surface area contributed by atoms with Gasteiger partial charge in [-0.3, -0.25) is 0 Å². The van der Waals surface area contributed by atoms with Gasteiger partial charge in [0, 0.05) is 19.7 Å². The zero-order valence-electron chi connectivity index (χ0n) is 8.82. The van der Waals surface area contributed by atoms with Gasteiger partial charge in [0.15, 0.2) is 0 Å². The highest BCUT2D eigenvalue weighted by Gasteiger charge is 2.37. The van der Waals surface area contributed by atoms with Crippen LogP contribution in [0, 0.1) is 0 Å². The largest absolute Gasteiger partial charge is 0.367 e. The molecule has 5 heteroatoms. The van der Waals surface area contributed by atoms with Gasteiger partial charge in [-0.05, 0) is 19.8 Å². The Labute approximate surface area is 88.2 Å². The Morgan fingerprint density at radius 2 is 2.33 bits per heavy atom. The van der Waals surface area contributed by atoms with Crippen molar-refractivity contribution in [2.45, 2.75) is 31.3 Å². The first-order chi connectivity index (χ1) is 7.28. The fourth-order valence-electron chi connectivity index (χ4n) is 2.03. The number of hydrogen-bond acceptors (Lipinski definition) is 5. The molecule has 3 rings (SSSR count). The van der Waals surface area contributed by atoms with Crippen molar-refractivity contribution in [3.63, 3.8) is 0 Å². The highest BCUT2D eigenvalue weighted by molar-refractivity contribution is 5.06. The first kappa shape index (κ1) is 9.30. The monoisotopic (exact) mass is 209 g/mol. The Morgan fingerprint density at radius 1 is 1.47 bits per heavy atom. The van der Waals surface area contributed by atoms with Gasteiger partial charge in [0.2, 0.25) is 11.7 Å². The number of ether oxygens (including phenoxy) is 1. The fourth-order valence-corrected chi connectivity index (χ4v) is 2.03. The molecule has 0 amide bonds. The lowest BCUT2D eigenvalue weighted by atomic mass is 10.0. The van der Waals surface area contributed by atoms with Gasteiger partial charge in [0.1, 0.15) is 5.60 Å². The van der Waals surface area contributed by atoms with Gasteiger partial charge in [-0.2, -0.15) is 4.98 Å². The summed E-state index contributed by atoms with van der Waals surface area (Å²) in [5.74, 6) is 1.86. The van der Waals surface area contributed by atoms with Crippen molar-refractivity contribution in [3.05, 3.63) is 11.7 Å². The predicted molar refractivity (Wildman–Crippen MR) is 52.4 cm³/mol. The van der Waals surface area contributed by atoms with Crippen LogP contribution in [-0.4, -0.2) is 29.8 Å². The Balaban J connectivity index is 1.82. The third kappa shape index (κ3) is 1.46. The van der Waals surface area contributed by atoms with Crippen LogP contribution in [0.25, 0.3) is 0 Å². The van der Waals surface area contributed by atoms with Gasteiger partial charge >= 0.3 is 0 Å². The van der Waals surface area contributed by atoms with Crippen LogP contribution in [0.2, 0.25) is 0 Å². The van der Waals surface area contributed by atoms with Crippen molar-refractivity contribution in [1.29, 1.82) is 0 Å². The quantitative estimate of drug-likeness (QED) is 0.780. The molecule has 0 aromatic carbocycles. The maximum Gasteiger partial charge on any atom is 0.232 e. The summed E-state index contributed by atoms with van der Waals surface area (Å²) >= 11 is 0. The molecule has 1 unspecified atom stereocenters. The molecule has 1 aromatic rings. The zero-order chi connectivity index (χ0) is 10.3. The third-order valence-corrected chi connectivity index (χ3v) is 3.26. The lowest BCUT2D eigenvalue weighted by Crippen LogP contribution is -2.40. The van der Waals surface area contributed by atoms with E-state index in [1.54, 1.807) is 0 Å². The zero-order valence-corrected chi connectivity index (χ0v) is 8.82. The maximum absolute atomic E-state index is 5.67. The molecule has 0 aliphatic carbocycles. The summed E-state index contributed by atoms with van der Waals surface area (Å²) in [7, 11) is 0. The van der Waals surface area contributed by atoms with Crippen molar-refractivity contribution in [2.24, 2.45) is 0 Å². The summed E-state index contributed by atoms with van der Waals surface area (Å²) in [5, 5.41) is 7.22.